The number of ether oxygens (including phenoxy) is 1. The van der Waals surface area contributed by atoms with Crippen LogP contribution in [0.2, 0.25) is 0 Å². The predicted octanol–water partition coefficient (Wildman–Crippen LogP) is 2.56. The van der Waals surface area contributed by atoms with E-state index >= 15 is 0 Å². The van der Waals surface area contributed by atoms with E-state index in [2.05, 4.69) is 4.98 Å². The van der Waals surface area contributed by atoms with Crippen molar-refractivity contribution < 1.29 is 17.9 Å². The molecule has 7 heteroatoms. The highest BCUT2D eigenvalue weighted by atomic mass is 19.4. The van der Waals surface area contributed by atoms with Crippen molar-refractivity contribution in [3.05, 3.63) is 23.4 Å². The van der Waals surface area contributed by atoms with Gasteiger partial charge in [0.05, 0.1) is 11.7 Å². The summed E-state index contributed by atoms with van der Waals surface area (Å²) in [5.41, 5.74) is 4.90. The molecule has 2 N–H and O–H groups in total. The van der Waals surface area contributed by atoms with Crippen molar-refractivity contribution in [1.29, 1.82) is 0 Å². The maximum absolute atomic E-state index is 12.9. The van der Waals surface area contributed by atoms with E-state index in [-0.39, 0.29) is 12.6 Å². The number of hydrogen-bond acceptors (Lipinski definition) is 4. The quantitative estimate of drug-likeness (QED) is 0.912. The Morgan fingerprint density at radius 1 is 1.43 bits per heavy atom. The molecule has 1 saturated heterocycles. The molecular formula is C14H20F3N3O. The standard InChI is InChI=1S/C14H20F3N3O/c1-9-7-20(8-13(2,3)21-9)12-10(6-18)4-5-11(19-12)14(15,16)17/h4-5,9H,6-8,18H2,1-3H3. The molecule has 0 amide bonds. The highest BCUT2D eigenvalue weighted by Crippen LogP contribution is 2.32. The smallest absolute Gasteiger partial charge is 0.369 e. The van der Waals surface area contributed by atoms with Crippen molar-refractivity contribution in [3.8, 4) is 0 Å². The number of halogens is 3. The van der Waals surface area contributed by atoms with Crippen LogP contribution in [0.15, 0.2) is 12.1 Å². The Labute approximate surface area is 122 Å². The van der Waals surface area contributed by atoms with E-state index in [1.165, 1.54) is 6.07 Å². The third kappa shape index (κ3) is 3.65. The number of pyridine rings is 1. The van der Waals surface area contributed by atoms with Gasteiger partial charge in [-0.2, -0.15) is 13.2 Å². The molecule has 21 heavy (non-hydrogen) atoms. The van der Waals surface area contributed by atoms with Gasteiger partial charge < -0.3 is 15.4 Å². The van der Waals surface area contributed by atoms with Crippen LogP contribution in [0.3, 0.4) is 0 Å². The molecule has 1 aromatic rings. The Balaban J connectivity index is 2.41. The van der Waals surface area contributed by atoms with Crippen molar-refractivity contribution in [2.75, 3.05) is 18.0 Å². The van der Waals surface area contributed by atoms with Gasteiger partial charge in [0, 0.05) is 25.2 Å². The highest BCUT2D eigenvalue weighted by molar-refractivity contribution is 5.49. The summed E-state index contributed by atoms with van der Waals surface area (Å²) in [4.78, 5) is 5.63. The van der Waals surface area contributed by atoms with Crippen LogP contribution in [0.1, 0.15) is 32.0 Å². The molecule has 2 heterocycles. The SMILES string of the molecule is CC1CN(c2nc(C(F)(F)F)ccc2CN)CC(C)(C)O1. The van der Waals surface area contributed by atoms with Gasteiger partial charge in [-0.05, 0) is 26.8 Å². The van der Waals surface area contributed by atoms with Crippen LogP contribution >= 0.6 is 0 Å². The Bertz CT molecular complexity index is 517. The second kappa shape index (κ2) is 5.46. The van der Waals surface area contributed by atoms with Crippen molar-refractivity contribution in [2.24, 2.45) is 5.73 Å². The predicted molar refractivity (Wildman–Crippen MR) is 74.0 cm³/mol. The van der Waals surface area contributed by atoms with E-state index in [0.29, 0.717) is 24.5 Å². The van der Waals surface area contributed by atoms with Crippen LogP contribution in [0.5, 0.6) is 0 Å². The molecule has 118 valence electrons. The minimum Gasteiger partial charge on any atom is -0.369 e. The molecule has 0 saturated carbocycles. The lowest BCUT2D eigenvalue weighted by Gasteiger charge is -2.42. The summed E-state index contributed by atoms with van der Waals surface area (Å²) in [6.07, 6.45) is -4.55. The number of anilines is 1. The summed E-state index contributed by atoms with van der Waals surface area (Å²) >= 11 is 0. The van der Waals surface area contributed by atoms with E-state index < -0.39 is 17.5 Å². The molecule has 1 aliphatic heterocycles. The minimum atomic E-state index is -4.46. The lowest BCUT2D eigenvalue weighted by molar-refractivity contribution is -0.141. The lowest BCUT2D eigenvalue weighted by Crippen LogP contribution is -2.52. The maximum atomic E-state index is 12.9. The molecule has 1 unspecified atom stereocenters. The molecular weight excluding hydrogens is 283 g/mol. The molecule has 1 fully saturated rings. The monoisotopic (exact) mass is 303 g/mol. The maximum Gasteiger partial charge on any atom is 0.433 e. The topological polar surface area (TPSA) is 51.4 Å². The molecule has 0 aromatic carbocycles. The average Bonchev–Trinajstić information content (AvgIpc) is 2.34. The number of alkyl halides is 3. The summed E-state index contributed by atoms with van der Waals surface area (Å²) in [5.74, 6) is 0.301. The summed E-state index contributed by atoms with van der Waals surface area (Å²) in [5, 5.41) is 0. The van der Waals surface area contributed by atoms with Crippen molar-refractivity contribution >= 4 is 5.82 Å². The molecule has 0 radical (unpaired) electrons. The van der Waals surface area contributed by atoms with Crippen LogP contribution < -0.4 is 10.6 Å². The normalized spacial score (nSPS) is 22.4. The second-order valence-corrected chi connectivity index (χ2v) is 5.95. The van der Waals surface area contributed by atoms with Gasteiger partial charge in [-0.1, -0.05) is 6.07 Å². The van der Waals surface area contributed by atoms with Crippen molar-refractivity contribution in [1.82, 2.24) is 4.98 Å². The van der Waals surface area contributed by atoms with E-state index in [4.69, 9.17) is 10.5 Å². The third-order valence-electron chi connectivity index (χ3n) is 3.34. The number of nitrogens with two attached hydrogens (primary N) is 1. The second-order valence-electron chi connectivity index (χ2n) is 5.95. The largest absolute Gasteiger partial charge is 0.433 e. The molecule has 0 aliphatic carbocycles. The first-order valence-electron chi connectivity index (χ1n) is 6.82. The molecule has 4 nitrogen and oxygen atoms in total. The lowest BCUT2D eigenvalue weighted by atomic mass is 10.0. The first-order valence-corrected chi connectivity index (χ1v) is 6.82. The van der Waals surface area contributed by atoms with Crippen LogP contribution in [0.4, 0.5) is 19.0 Å². The van der Waals surface area contributed by atoms with Gasteiger partial charge in [-0.3, -0.25) is 0 Å². The van der Waals surface area contributed by atoms with Crippen LogP contribution in [0.25, 0.3) is 0 Å². The Kier molecular flexibility index (Phi) is 4.17. The third-order valence-corrected chi connectivity index (χ3v) is 3.34. The summed E-state index contributed by atoms with van der Waals surface area (Å²) in [6.45, 7) is 6.82. The molecule has 0 spiro atoms. The van der Waals surface area contributed by atoms with Gasteiger partial charge in [-0.15, -0.1) is 0 Å². The molecule has 1 aliphatic rings. The van der Waals surface area contributed by atoms with Gasteiger partial charge in [0.25, 0.3) is 0 Å². The molecule has 1 aromatic heterocycles. The number of aromatic nitrogens is 1. The van der Waals surface area contributed by atoms with E-state index in [0.717, 1.165) is 6.07 Å². The average molecular weight is 303 g/mol. The fourth-order valence-electron chi connectivity index (χ4n) is 2.68. The van der Waals surface area contributed by atoms with Gasteiger partial charge in [0.1, 0.15) is 11.5 Å². The summed E-state index contributed by atoms with van der Waals surface area (Å²) < 4.78 is 44.4. The van der Waals surface area contributed by atoms with Gasteiger partial charge in [-0.25, -0.2) is 4.98 Å². The molecule has 1 atom stereocenters. The zero-order chi connectivity index (χ0) is 15.8. The Morgan fingerprint density at radius 3 is 2.62 bits per heavy atom. The van der Waals surface area contributed by atoms with Gasteiger partial charge in [0.2, 0.25) is 0 Å². The molecule has 0 bridgehead atoms. The fraction of sp³-hybridized carbons (Fsp3) is 0.643. The Hall–Kier alpha value is -1.34. The zero-order valence-corrected chi connectivity index (χ0v) is 12.4. The minimum absolute atomic E-state index is 0.0873. The zero-order valence-electron chi connectivity index (χ0n) is 12.4. The van der Waals surface area contributed by atoms with E-state index in [1.807, 2.05) is 25.7 Å². The number of hydrogen-bond donors (Lipinski definition) is 1. The van der Waals surface area contributed by atoms with E-state index in [9.17, 15) is 13.2 Å². The molecule has 2 rings (SSSR count). The Morgan fingerprint density at radius 2 is 2.10 bits per heavy atom. The number of rotatable bonds is 2. The van der Waals surface area contributed by atoms with Crippen molar-refractivity contribution in [2.45, 2.75) is 45.2 Å². The number of nitrogens with zero attached hydrogens (tertiary/aromatic N) is 2. The summed E-state index contributed by atoms with van der Waals surface area (Å²) in [7, 11) is 0. The van der Waals surface area contributed by atoms with Gasteiger partial charge >= 0.3 is 6.18 Å². The number of morpholine rings is 1. The van der Waals surface area contributed by atoms with Crippen LogP contribution in [0, 0.1) is 0 Å². The first-order chi connectivity index (χ1) is 9.62. The van der Waals surface area contributed by atoms with Crippen molar-refractivity contribution in [3.63, 3.8) is 0 Å². The van der Waals surface area contributed by atoms with E-state index in [1.54, 1.807) is 0 Å². The van der Waals surface area contributed by atoms with Crippen LogP contribution in [-0.4, -0.2) is 29.8 Å². The summed E-state index contributed by atoms with van der Waals surface area (Å²) in [6, 6.07) is 2.37. The van der Waals surface area contributed by atoms with Gasteiger partial charge in [0.15, 0.2) is 0 Å². The fourth-order valence-corrected chi connectivity index (χ4v) is 2.68. The first kappa shape index (κ1) is 16.0. The van der Waals surface area contributed by atoms with Crippen LogP contribution in [-0.2, 0) is 17.5 Å². The highest BCUT2D eigenvalue weighted by Gasteiger charge is 2.36.